The molecule has 0 unspecified atom stereocenters. The van der Waals surface area contributed by atoms with Crippen molar-refractivity contribution in [3.05, 3.63) is 90.2 Å². The van der Waals surface area contributed by atoms with Crippen molar-refractivity contribution in [2.24, 2.45) is 0 Å². The minimum atomic E-state index is -5.09. The average Bonchev–Trinajstić information content (AvgIpc) is 3.25. The Balaban J connectivity index is 1.81. The number of hydrogen-bond acceptors (Lipinski definition) is 5. The fraction of sp³-hybridized carbons (Fsp3) is 0.125. The first-order valence-electron chi connectivity index (χ1n) is 10.6. The van der Waals surface area contributed by atoms with Crippen molar-refractivity contribution >= 4 is 36.7 Å². The normalized spacial score (nSPS) is 13.4. The molecule has 1 atom stereocenters. The predicted octanol–water partition coefficient (Wildman–Crippen LogP) is 4.59. The summed E-state index contributed by atoms with van der Waals surface area (Å²) in [4.78, 5) is 10.1. The highest BCUT2D eigenvalue weighted by Gasteiger charge is 2.39. The van der Waals surface area contributed by atoms with Gasteiger partial charge in [-0.2, -0.15) is 13.2 Å². The molecule has 13 heteroatoms. The molecule has 0 saturated heterocycles. The first-order chi connectivity index (χ1) is 17.2. The molecule has 0 radical (unpaired) electrons. The van der Waals surface area contributed by atoms with Crippen LogP contribution in [0.25, 0.3) is 10.9 Å². The topological polar surface area (TPSA) is 102 Å². The largest absolute Gasteiger partial charge is 0.471 e. The van der Waals surface area contributed by atoms with Crippen LogP contribution in [0, 0.1) is 5.82 Å². The van der Waals surface area contributed by atoms with E-state index in [1.54, 1.807) is 11.4 Å². The van der Waals surface area contributed by atoms with Gasteiger partial charge in [0.1, 0.15) is 10.7 Å². The third kappa shape index (κ3) is 4.83. The second-order valence-electron chi connectivity index (χ2n) is 8.01. The molecular weight excluding hydrogens is 536 g/mol. The number of hydrogen-bond donors (Lipinski definition) is 1. The number of rotatable bonds is 6. The molecule has 1 amide bonds. The van der Waals surface area contributed by atoms with Crippen molar-refractivity contribution < 1.29 is 39.2 Å². The monoisotopic (exact) mass is 554 g/mol. The molecule has 0 bridgehead atoms. The molecule has 3 aromatic carbocycles. The lowest BCUT2D eigenvalue weighted by Gasteiger charge is -2.16. The standard InChI is InChI=1S/C24H18F4N2O5S2/c1-15(29-23(31)24(26,27)28)16-10-12-18(13-11-16)36(32,33)22-14-17-6-2-4-8-20(17)30(22)37(34,35)21-9-5-3-7-19(21)25/h2-15H,1H3,(H,29,31)/t15-/m0/s1. The van der Waals surface area contributed by atoms with Gasteiger partial charge in [0.05, 0.1) is 16.5 Å². The Kier molecular flexibility index (Phi) is 6.63. The second-order valence-corrected chi connectivity index (χ2v) is 11.7. The number of nitrogens with zero attached hydrogens (tertiary/aromatic N) is 1. The first-order valence-corrected chi connectivity index (χ1v) is 13.5. The van der Waals surface area contributed by atoms with Gasteiger partial charge in [-0.15, -0.1) is 0 Å². The van der Waals surface area contributed by atoms with Crippen LogP contribution in [-0.4, -0.2) is 32.9 Å². The summed E-state index contributed by atoms with van der Waals surface area (Å²) in [6.07, 6.45) is -5.09. The van der Waals surface area contributed by atoms with E-state index in [0.29, 0.717) is 3.97 Å². The van der Waals surface area contributed by atoms with Gasteiger partial charge in [0.25, 0.3) is 10.0 Å². The van der Waals surface area contributed by atoms with Crippen molar-refractivity contribution in [3.8, 4) is 0 Å². The number of fused-ring (bicyclic) bond motifs is 1. The maximum absolute atomic E-state index is 14.5. The Morgan fingerprint density at radius 3 is 2.11 bits per heavy atom. The summed E-state index contributed by atoms with van der Waals surface area (Å²) in [5, 5.41) is 1.38. The Labute approximate surface area is 209 Å². The average molecular weight is 555 g/mol. The molecule has 1 N–H and O–H groups in total. The van der Waals surface area contributed by atoms with Gasteiger partial charge in [0.2, 0.25) is 9.84 Å². The quantitative estimate of drug-likeness (QED) is 0.352. The molecule has 0 aliphatic heterocycles. The molecule has 0 saturated carbocycles. The number of alkyl halides is 3. The highest BCUT2D eigenvalue weighted by atomic mass is 32.2. The van der Waals surface area contributed by atoms with E-state index in [9.17, 15) is 39.2 Å². The maximum atomic E-state index is 14.5. The van der Waals surface area contributed by atoms with E-state index >= 15 is 0 Å². The Hall–Kier alpha value is -3.71. The molecule has 1 heterocycles. The molecule has 4 aromatic rings. The molecule has 4 rings (SSSR count). The summed E-state index contributed by atoms with van der Waals surface area (Å²) >= 11 is 0. The fourth-order valence-corrected chi connectivity index (χ4v) is 7.11. The van der Waals surface area contributed by atoms with Crippen LogP contribution in [0.1, 0.15) is 18.5 Å². The van der Waals surface area contributed by atoms with Crippen LogP contribution in [0.15, 0.2) is 93.7 Å². The van der Waals surface area contributed by atoms with E-state index < -0.39 is 53.7 Å². The lowest BCUT2D eigenvalue weighted by Crippen LogP contribution is -2.38. The second kappa shape index (κ2) is 9.30. The minimum absolute atomic E-state index is 0.00411. The highest BCUT2D eigenvalue weighted by Crippen LogP contribution is 2.33. The summed E-state index contributed by atoms with van der Waals surface area (Å²) in [6.45, 7) is 1.28. The molecule has 0 fully saturated rings. The van der Waals surface area contributed by atoms with Crippen LogP contribution in [0.3, 0.4) is 0 Å². The van der Waals surface area contributed by atoms with Crippen LogP contribution >= 0.6 is 0 Å². The van der Waals surface area contributed by atoms with Gasteiger partial charge in [-0.1, -0.05) is 42.5 Å². The highest BCUT2D eigenvalue weighted by molar-refractivity contribution is 7.93. The zero-order valence-corrected chi connectivity index (χ0v) is 20.5. The fourth-order valence-electron chi connectivity index (χ4n) is 3.71. The van der Waals surface area contributed by atoms with Gasteiger partial charge >= 0.3 is 12.1 Å². The van der Waals surface area contributed by atoms with Gasteiger partial charge < -0.3 is 5.32 Å². The molecule has 7 nitrogen and oxygen atoms in total. The van der Waals surface area contributed by atoms with Crippen LogP contribution in [0.5, 0.6) is 0 Å². The van der Waals surface area contributed by atoms with Crippen molar-refractivity contribution in [1.82, 2.24) is 9.29 Å². The SMILES string of the molecule is C[C@H](NC(=O)C(F)(F)F)c1ccc(S(=O)(=O)c2cc3ccccc3n2S(=O)(=O)c2ccccc2F)cc1. The number of halogens is 4. The number of aromatic nitrogens is 1. The summed E-state index contributed by atoms with van der Waals surface area (Å²) in [5.74, 6) is -3.22. The summed E-state index contributed by atoms with van der Waals surface area (Å²) in [7, 11) is -9.25. The number of nitrogens with one attached hydrogen (secondary N) is 1. The summed E-state index contributed by atoms with van der Waals surface area (Å²) < 4.78 is 107. The Morgan fingerprint density at radius 1 is 0.892 bits per heavy atom. The van der Waals surface area contributed by atoms with E-state index in [-0.39, 0.29) is 21.4 Å². The summed E-state index contributed by atoms with van der Waals surface area (Å²) in [5.41, 5.74) is 0.181. The molecule has 194 valence electrons. The van der Waals surface area contributed by atoms with Crippen LogP contribution in [-0.2, 0) is 24.7 Å². The molecular formula is C24H18F4N2O5S2. The van der Waals surface area contributed by atoms with Crippen molar-refractivity contribution in [3.63, 3.8) is 0 Å². The van der Waals surface area contributed by atoms with Crippen molar-refractivity contribution in [2.45, 2.75) is 34.0 Å². The number of carbonyl (C=O) groups is 1. The number of para-hydroxylation sites is 1. The van der Waals surface area contributed by atoms with Crippen molar-refractivity contribution in [2.75, 3.05) is 0 Å². The lowest BCUT2D eigenvalue weighted by molar-refractivity contribution is -0.174. The number of amides is 1. The Bertz CT molecular complexity index is 1710. The smallest absolute Gasteiger partial charge is 0.342 e. The van der Waals surface area contributed by atoms with E-state index in [0.717, 1.165) is 30.3 Å². The first kappa shape index (κ1) is 26.4. The summed E-state index contributed by atoms with van der Waals surface area (Å²) in [6, 6.07) is 15.1. The van der Waals surface area contributed by atoms with Gasteiger partial charge in [-0.3, -0.25) is 4.79 Å². The molecule has 0 aliphatic rings. The lowest BCUT2D eigenvalue weighted by atomic mass is 10.1. The maximum Gasteiger partial charge on any atom is 0.471 e. The molecule has 1 aromatic heterocycles. The molecule has 0 aliphatic carbocycles. The van der Waals surface area contributed by atoms with Gasteiger partial charge in [0, 0.05) is 5.39 Å². The molecule has 0 spiro atoms. The third-order valence-corrected chi connectivity index (χ3v) is 9.18. The van der Waals surface area contributed by atoms with E-state index in [2.05, 4.69) is 0 Å². The van der Waals surface area contributed by atoms with E-state index in [1.165, 1.54) is 49.4 Å². The van der Waals surface area contributed by atoms with Crippen molar-refractivity contribution in [1.29, 1.82) is 0 Å². The van der Waals surface area contributed by atoms with E-state index in [1.807, 2.05) is 0 Å². The number of sulfone groups is 1. The predicted molar refractivity (Wildman–Crippen MR) is 125 cm³/mol. The van der Waals surface area contributed by atoms with Crippen LogP contribution in [0.2, 0.25) is 0 Å². The minimum Gasteiger partial charge on any atom is -0.342 e. The van der Waals surface area contributed by atoms with E-state index in [4.69, 9.17) is 0 Å². The third-order valence-electron chi connectivity index (χ3n) is 5.56. The van der Waals surface area contributed by atoms with Gasteiger partial charge in [0.15, 0.2) is 5.03 Å². The van der Waals surface area contributed by atoms with Crippen LogP contribution < -0.4 is 5.32 Å². The number of carbonyl (C=O) groups excluding carboxylic acids is 1. The zero-order chi connectivity index (χ0) is 27.2. The Morgan fingerprint density at radius 2 is 1.49 bits per heavy atom. The molecule has 37 heavy (non-hydrogen) atoms. The zero-order valence-electron chi connectivity index (χ0n) is 18.9. The van der Waals surface area contributed by atoms with Gasteiger partial charge in [-0.05, 0) is 48.9 Å². The number of benzene rings is 3. The van der Waals surface area contributed by atoms with Gasteiger partial charge in [-0.25, -0.2) is 25.2 Å². The van der Waals surface area contributed by atoms with Crippen LogP contribution in [0.4, 0.5) is 17.6 Å².